The Hall–Kier alpha value is -3.97. The number of hydrogen-bond donors (Lipinski definition) is 1. The fourth-order valence-corrected chi connectivity index (χ4v) is 5.76. The summed E-state index contributed by atoms with van der Waals surface area (Å²) in [6.07, 6.45) is 1.49. The van der Waals surface area contributed by atoms with Crippen LogP contribution >= 0.6 is 0 Å². The van der Waals surface area contributed by atoms with Gasteiger partial charge in [0.15, 0.2) is 9.84 Å². The molecule has 1 N–H and O–H groups in total. The van der Waals surface area contributed by atoms with Gasteiger partial charge in [-0.15, -0.1) is 0 Å². The van der Waals surface area contributed by atoms with E-state index in [1.165, 1.54) is 24.4 Å². The Balaban J connectivity index is 1.46. The van der Waals surface area contributed by atoms with Gasteiger partial charge in [-0.1, -0.05) is 66.7 Å². The number of aromatic nitrogens is 1. The summed E-state index contributed by atoms with van der Waals surface area (Å²) in [5.74, 6) is -1.09. The fourth-order valence-electron chi connectivity index (χ4n) is 4.19. The van der Waals surface area contributed by atoms with Gasteiger partial charge in [0.05, 0.1) is 10.6 Å². The van der Waals surface area contributed by atoms with Gasteiger partial charge in [0, 0.05) is 28.2 Å². The van der Waals surface area contributed by atoms with Gasteiger partial charge in [-0.3, -0.25) is 4.79 Å². The van der Waals surface area contributed by atoms with Gasteiger partial charge in [0.2, 0.25) is 5.91 Å². The van der Waals surface area contributed by atoms with E-state index in [1.54, 1.807) is 34.9 Å². The maximum atomic E-state index is 13.6. The summed E-state index contributed by atoms with van der Waals surface area (Å²) < 4.78 is 41.7. The van der Waals surface area contributed by atoms with Crippen LogP contribution in [0.15, 0.2) is 102 Å². The van der Waals surface area contributed by atoms with Crippen LogP contribution in [0.4, 0.5) is 10.1 Å². The van der Waals surface area contributed by atoms with Gasteiger partial charge in [-0.05, 0) is 35.2 Å². The summed E-state index contributed by atoms with van der Waals surface area (Å²) >= 11 is 0. The predicted octanol–water partition coefficient (Wildman–Crippen LogP) is 5.55. The average molecular weight is 473 g/mol. The SMILES string of the molecule is O=C(Cn1cc(S(=O)(=O)Cc2cccc(F)c2)c2ccccc21)Nc1cccc2ccccc12. The molecule has 4 aromatic carbocycles. The van der Waals surface area contributed by atoms with Crippen LogP contribution in [0.1, 0.15) is 5.56 Å². The van der Waals surface area contributed by atoms with E-state index in [9.17, 15) is 17.6 Å². The Morgan fingerprint density at radius 1 is 0.853 bits per heavy atom. The standard InChI is InChI=1S/C27H21FN2O3S/c28-21-10-5-7-19(15-21)18-34(32,33)26-16-30(25-14-4-3-12-23(25)26)17-27(31)29-24-13-6-9-20-8-1-2-11-22(20)24/h1-16H,17-18H2,(H,29,31). The van der Waals surface area contributed by atoms with E-state index in [1.807, 2.05) is 42.5 Å². The molecule has 170 valence electrons. The lowest BCUT2D eigenvalue weighted by Crippen LogP contribution is -2.18. The highest BCUT2D eigenvalue weighted by Crippen LogP contribution is 2.29. The van der Waals surface area contributed by atoms with E-state index in [0.717, 1.165) is 10.8 Å². The first-order valence-electron chi connectivity index (χ1n) is 10.7. The van der Waals surface area contributed by atoms with Crippen molar-refractivity contribution in [2.45, 2.75) is 17.2 Å². The van der Waals surface area contributed by atoms with E-state index in [-0.39, 0.29) is 23.1 Å². The van der Waals surface area contributed by atoms with Crippen molar-refractivity contribution in [3.8, 4) is 0 Å². The van der Waals surface area contributed by atoms with Crippen molar-refractivity contribution >= 4 is 43.1 Å². The van der Waals surface area contributed by atoms with Gasteiger partial charge in [-0.2, -0.15) is 0 Å². The van der Waals surface area contributed by atoms with E-state index >= 15 is 0 Å². The molecular formula is C27H21FN2O3S. The zero-order valence-corrected chi connectivity index (χ0v) is 18.9. The number of halogens is 1. The molecule has 34 heavy (non-hydrogen) atoms. The summed E-state index contributed by atoms with van der Waals surface area (Å²) in [7, 11) is -3.78. The molecule has 0 saturated heterocycles. The average Bonchev–Trinajstić information content (AvgIpc) is 3.18. The van der Waals surface area contributed by atoms with E-state index in [4.69, 9.17) is 0 Å². The number of sulfone groups is 1. The zero-order chi connectivity index (χ0) is 23.7. The molecule has 0 spiro atoms. The summed E-state index contributed by atoms with van der Waals surface area (Å²) in [6, 6.07) is 26.0. The Morgan fingerprint density at radius 2 is 1.56 bits per heavy atom. The van der Waals surface area contributed by atoms with Crippen molar-refractivity contribution < 1.29 is 17.6 Å². The fraction of sp³-hybridized carbons (Fsp3) is 0.0741. The third-order valence-electron chi connectivity index (χ3n) is 5.71. The predicted molar refractivity (Wildman–Crippen MR) is 132 cm³/mol. The monoisotopic (exact) mass is 472 g/mol. The highest BCUT2D eigenvalue weighted by atomic mass is 32.2. The van der Waals surface area contributed by atoms with Crippen molar-refractivity contribution in [1.29, 1.82) is 0 Å². The summed E-state index contributed by atoms with van der Waals surface area (Å²) in [4.78, 5) is 13.0. The van der Waals surface area contributed by atoms with E-state index in [0.29, 0.717) is 22.2 Å². The number of rotatable bonds is 6. The molecular weight excluding hydrogens is 451 g/mol. The number of carbonyl (C=O) groups excluding carboxylic acids is 1. The van der Waals surface area contributed by atoms with Crippen LogP contribution in [-0.4, -0.2) is 18.9 Å². The number of fused-ring (bicyclic) bond motifs is 2. The smallest absolute Gasteiger partial charge is 0.244 e. The van der Waals surface area contributed by atoms with Crippen molar-refractivity contribution in [3.05, 3.63) is 109 Å². The van der Waals surface area contributed by atoms with Crippen LogP contribution in [0, 0.1) is 5.82 Å². The highest BCUT2D eigenvalue weighted by Gasteiger charge is 2.22. The van der Waals surface area contributed by atoms with Crippen molar-refractivity contribution in [2.24, 2.45) is 0 Å². The first-order chi connectivity index (χ1) is 16.4. The second-order valence-corrected chi connectivity index (χ2v) is 10.1. The number of benzene rings is 4. The van der Waals surface area contributed by atoms with Crippen molar-refractivity contribution in [3.63, 3.8) is 0 Å². The number of para-hydroxylation sites is 1. The quantitative estimate of drug-likeness (QED) is 0.353. The van der Waals surface area contributed by atoms with Crippen molar-refractivity contribution in [1.82, 2.24) is 4.57 Å². The minimum absolute atomic E-state index is 0.0563. The zero-order valence-electron chi connectivity index (χ0n) is 18.1. The van der Waals surface area contributed by atoms with Gasteiger partial charge < -0.3 is 9.88 Å². The molecule has 5 aromatic rings. The molecule has 0 bridgehead atoms. The van der Waals surface area contributed by atoms with Crippen LogP contribution in [-0.2, 0) is 26.9 Å². The number of nitrogens with zero attached hydrogens (tertiary/aromatic N) is 1. The second kappa shape index (κ2) is 8.76. The lowest BCUT2D eigenvalue weighted by Gasteiger charge is -2.10. The topological polar surface area (TPSA) is 68.2 Å². The number of hydrogen-bond acceptors (Lipinski definition) is 3. The van der Waals surface area contributed by atoms with E-state index < -0.39 is 15.7 Å². The molecule has 1 aromatic heterocycles. The molecule has 1 amide bonds. The molecule has 0 atom stereocenters. The molecule has 0 saturated carbocycles. The molecule has 0 aliphatic carbocycles. The Labute approximate surface area is 196 Å². The minimum Gasteiger partial charge on any atom is -0.337 e. The second-order valence-electron chi connectivity index (χ2n) is 8.10. The van der Waals surface area contributed by atoms with Gasteiger partial charge in [-0.25, -0.2) is 12.8 Å². The maximum Gasteiger partial charge on any atom is 0.244 e. The first-order valence-corrected chi connectivity index (χ1v) is 12.4. The molecule has 0 unspecified atom stereocenters. The summed E-state index contributed by atoms with van der Waals surface area (Å²) in [5.41, 5.74) is 1.69. The number of amides is 1. The number of carbonyl (C=O) groups is 1. The molecule has 1 heterocycles. The van der Waals surface area contributed by atoms with Crippen molar-refractivity contribution in [2.75, 3.05) is 5.32 Å². The third-order valence-corrected chi connectivity index (χ3v) is 7.42. The molecule has 0 aliphatic heterocycles. The van der Waals surface area contributed by atoms with Crippen LogP contribution in [0.25, 0.3) is 21.7 Å². The normalized spacial score (nSPS) is 11.7. The summed E-state index contributed by atoms with van der Waals surface area (Å²) in [5, 5.41) is 5.40. The largest absolute Gasteiger partial charge is 0.337 e. The Kier molecular flexibility index (Phi) is 5.63. The number of anilines is 1. The molecule has 5 nitrogen and oxygen atoms in total. The van der Waals surface area contributed by atoms with Gasteiger partial charge >= 0.3 is 0 Å². The molecule has 0 aliphatic rings. The highest BCUT2D eigenvalue weighted by molar-refractivity contribution is 7.90. The van der Waals surface area contributed by atoms with Gasteiger partial charge in [0.1, 0.15) is 12.4 Å². The maximum absolute atomic E-state index is 13.6. The Bertz CT molecular complexity index is 1640. The molecule has 0 fully saturated rings. The molecule has 5 rings (SSSR count). The summed E-state index contributed by atoms with van der Waals surface area (Å²) in [6.45, 7) is -0.0563. The molecule has 0 radical (unpaired) electrons. The third kappa shape index (κ3) is 4.30. The van der Waals surface area contributed by atoms with Gasteiger partial charge in [0.25, 0.3) is 0 Å². The number of nitrogens with one attached hydrogen (secondary N) is 1. The van der Waals surface area contributed by atoms with Crippen LogP contribution in [0.2, 0.25) is 0 Å². The van der Waals surface area contributed by atoms with Crippen LogP contribution in [0.3, 0.4) is 0 Å². The minimum atomic E-state index is -3.78. The lowest BCUT2D eigenvalue weighted by atomic mass is 10.1. The van der Waals surface area contributed by atoms with Crippen LogP contribution in [0.5, 0.6) is 0 Å². The molecule has 7 heteroatoms. The first kappa shape index (κ1) is 21.9. The Morgan fingerprint density at radius 3 is 2.38 bits per heavy atom. The van der Waals surface area contributed by atoms with E-state index in [2.05, 4.69) is 5.32 Å². The van der Waals surface area contributed by atoms with Crippen LogP contribution < -0.4 is 5.32 Å². The lowest BCUT2D eigenvalue weighted by molar-refractivity contribution is -0.116.